The molecule has 146 valence electrons. The normalized spacial score (nSPS) is 16.5. The number of halogens is 3. The summed E-state index contributed by atoms with van der Waals surface area (Å²) >= 11 is 5.86. The fourth-order valence-corrected chi connectivity index (χ4v) is 3.41. The van der Waals surface area contributed by atoms with Crippen LogP contribution in [0.25, 0.3) is 11.1 Å². The molecule has 1 aliphatic rings. The first-order valence-corrected chi connectivity index (χ1v) is 9.39. The second-order valence-electron chi connectivity index (χ2n) is 6.91. The second kappa shape index (κ2) is 8.26. The Hall–Kier alpha value is -2.49. The summed E-state index contributed by atoms with van der Waals surface area (Å²) in [5.74, 6) is -4.42. The van der Waals surface area contributed by atoms with Crippen LogP contribution < -0.4 is 5.73 Å². The topological polar surface area (TPSA) is 70.1 Å². The summed E-state index contributed by atoms with van der Waals surface area (Å²) in [5, 5.41) is 9.51. The van der Waals surface area contributed by atoms with Crippen molar-refractivity contribution >= 4 is 17.5 Å². The first-order chi connectivity index (χ1) is 13.3. The maximum absolute atomic E-state index is 14.8. The SMILES string of the molecule is N#CC1CCN(C(=O)C(N)C(F)(F)c2ccc(-c3ccc(Cl)cc3)cc2)CC1. The minimum Gasteiger partial charge on any atom is -0.341 e. The molecule has 1 unspecified atom stereocenters. The van der Waals surface area contributed by atoms with E-state index in [0.29, 0.717) is 17.9 Å². The molecule has 0 aliphatic carbocycles. The summed E-state index contributed by atoms with van der Waals surface area (Å²) in [5.41, 5.74) is 6.97. The predicted octanol–water partition coefficient (Wildman–Crippen LogP) is 4.19. The van der Waals surface area contributed by atoms with Crippen molar-refractivity contribution in [3.63, 3.8) is 0 Å². The van der Waals surface area contributed by atoms with E-state index in [-0.39, 0.29) is 24.6 Å². The van der Waals surface area contributed by atoms with Crippen LogP contribution in [0.3, 0.4) is 0 Å². The zero-order chi connectivity index (χ0) is 20.3. The van der Waals surface area contributed by atoms with E-state index < -0.39 is 17.9 Å². The van der Waals surface area contributed by atoms with Gasteiger partial charge >= 0.3 is 0 Å². The van der Waals surface area contributed by atoms with Crippen LogP contribution in [0, 0.1) is 17.2 Å². The molecule has 7 heteroatoms. The van der Waals surface area contributed by atoms with E-state index in [0.717, 1.165) is 11.1 Å². The number of amides is 1. The summed E-state index contributed by atoms with van der Waals surface area (Å²) in [6.45, 7) is 0.548. The van der Waals surface area contributed by atoms with Gasteiger partial charge in [-0.25, -0.2) is 0 Å². The van der Waals surface area contributed by atoms with Gasteiger partial charge in [-0.15, -0.1) is 0 Å². The fraction of sp³-hybridized carbons (Fsp3) is 0.333. The smallest absolute Gasteiger partial charge is 0.296 e. The number of alkyl halides is 2. The highest BCUT2D eigenvalue weighted by molar-refractivity contribution is 6.30. The summed E-state index contributed by atoms with van der Waals surface area (Å²) < 4.78 is 29.7. The molecule has 2 N–H and O–H groups in total. The minimum absolute atomic E-state index is 0.138. The summed E-state index contributed by atoms with van der Waals surface area (Å²) in [6.07, 6.45) is 0.965. The number of nitriles is 1. The van der Waals surface area contributed by atoms with Gasteiger partial charge in [0.15, 0.2) is 6.04 Å². The van der Waals surface area contributed by atoms with Crippen LogP contribution in [-0.4, -0.2) is 29.9 Å². The summed E-state index contributed by atoms with van der Waals surface area (Å²) in [4.78, 5) is 13.8. The Balaban J connectivity index is 1.73. The molecule has 1 aliphatic heterocycles. The molecule has 2 aromatic carbocycles. The molecule has 1 amide bonds. The Labute approximate surface area is 167 Å². The average Bonchev–Trinajstić information content (AvgIpc) is 2.73. The van der Waals surface area contributed by atoms with Crippen molar-refractivity contribution in [2.24, 2.45) is 11.7 Å². The van der Waals surface area contributed by atoms with Crippen LogP contribution in [0.4, 0.5) is 8.78 Å². The molecule has 3 rings (SSSR count). The van der Waals surface area contributed by atoms with E-state index in [1.807, 2.05) is 0 Å². The third kappa shape index (κ3) is 4.16. The number of carbonyl (C=O) groups excluding carboxylic acids is 1. The van der Waals surface area contributed by atoms with Crippen molar-refractivity contribution in [1.82, 2.24) is 4.90 Å². The Morgan fingerprint density at radius 1 is 1.11 bits per heavy atom. The molecule has 0 radical (unpaired) electrons. The highest BCUT2D eigenvalue weighted by Gasteiger charge is 2.45. The number of carbonyl (C=O) groups is 1. The average molecular weight is 404 g/mol. The van der Waals surface area contributed by atoms with Gasteiger partial charge in [-0.2, -0.15) is 14.0 Å². The highest BCUT2D eigenvalue weighted by Crippen LogP contribution is 2.34. The highest BCUT2D eigenvalue weighted by atomic mass is 35.5. The van der Waals surface area contributed by atoms with Crippen molar-refractivity contribution in [2.45, 2.75) is 24.8 Å². The molecule has 1 heterocycles. The predicted molar refractivity (Wildman–Crippen MR) is 104 cm³/mol. The summed E-state index contributed by atoms with van der Waals surface area (Å²) in [7, 11) is 0. The molecule has 1 atom stereocenters. The molecule has 2 aromatic rings. The fourth-order valence-electron chi connectivity index (χ4n) is 3.29. The quantitative estimate of drug-likeness (QED) is 0.832. The molecule has 0 aromatic heterocycles. The van der Waals surface area contributed by atoms with E-state index in [1.54, 1.807) is 36.4 Å². The first kappa shape index (κ1) is 20.2. The zero-order valence-corrected chi connectivity index (χ0v) is 15.9. The number of rotatable bonds is 4. The number of nitrogens with zero attached hydrogens (tertiary/aromatic N) is 2. The maximum Gasteiger partial charge on any atom is 0.296 e. The lowest BCUT2D eigenvalue weighted by molar-refractivity contribution is -0.144. The van der Waals surface area contributed by atoms with Gasteiger partial charge in [-0.1, -0.05) is 48.0 Å². The molecular weight excluding hydrogens is 384 g/mol. The number of likely N-dealkylation sites (tertiary alicyclic amines) is 1. The van der Waals surface area contributed by atoms with Crippen molar-refractivity contribution in [3.05, 3.63) is 59.1 Å². The standard InChI is InChI=1S/C21H20ClF2N3O/c22-18-7-3-16(4-8-18)15-1-5-17(6-2-15)21(23,24)19(26)20(28)27-11-9-14(13-25)10-12-27/h1-8,14,19H,9-12,26H2. The molecule has 1 saturated heterocycles. The lowest BCUT2D eigenvalue weighted by Crippen LogP contribution is -2.53. The van der Waals surface area contributed by atoms with Crippen LogP contribution >= 0.6 is 11.6 Å². The third-order valence-corrected chi connectivity index (χ3v) is 5.35. The van der Waals surface area contributed by atoms with Crippen LogP contribution in [0.2, 0.25) is 5.02 Å². The number of benzene rings is 2. The van der Waals surface area contributed by atoms with Crippen LogP contribution in [-0.2, 0) is 10.7 Å². The maximum atomic E-state index is 14.8. The van der Waals surface area contributed by atoms with Crippen LogP contribution in [0.1, 0.15) is 18.4 Å². The third-order valence-electron chi connectivity index (χ3n) is 5.09. The Kier molecular flexibility index (Phi) is 5.97. The largest absolute Gasteiger partial charge is 0.341 e. The molecule has 0 spiro atoms. The Morgan fingerprint density at radius 2 is 1.61 bits per heavy atom. The van der Waals surface area contributed by atoms with E-state index in [9.17, 15) is 13.6 Å². The monoisotopic (exact) mass is 403 g/mol. The first-order valence-electron chi connectivity index (χ1n) is 9.01. The van der Waals surface area contributed by atoms with Crippen molar-refractivity contribution < 1.29 is 13.6 Å². The molecular formula is C21H20ClF2N3O. The Morgan fingerprint density at radius 3 is 2.11 bits per heavy atom. The molecule has 28 heavy (non-hydrogen) atoms. The number of hydrogen-bond donors (Lipinski definition) is 1. The van der Waals surface area contributed by atoms with Gasteiger partial charge in [0.05, 0.1) is 6.07 Å². The van der Waals surface area contributed by atoms with Gasteiger partial charge < -0.3 is 10.6 Å². The van der Waals surface area contributed by atoms with Crippen molar-refractivity contribution in [2.75, 3.05) is 13.1 Å². The van der Waals surface area contributed by atoms with E-state index in [4.69, 9.17) is 22.6 Å². The van der Waals surface area contributed by atoms with Gasteiger partial charge in [0.1, 0.15) is 0 Å². The van der Waals surface area contributed by atoms with Crippen LogP contribution in [0.5, 0.6) is 0 Å². The van der Waals surface area contributed by atoms with Gasteiger partial charge in [-0.3, -0.25) is 4.79 Å². The molecule has 4 nitrogen and oxygen atoms in total. The number of piperidine rings is 1. The van der Waals surface area contributed by atoms with E-state index in [1.165, 1.54) is 17.0 Å². The van der Waals surface area contributed by atoms with Crippen molar-refractivity contribution in [3.8, 4) is 17.2 Å². The number of hydrogen-bond acceptors (Lipinski definition) is 3. The minimum atomic E-state index is -3.50. The zero-order valence-electron chi connectivity index (χ0n) is 15.1. The van der Waals surface area contributed by atoms with E-state index in [2.05, 4.69) is 6.07 Å². The molecule has 0 bridgehead atoms. The molecule has 0 saturated carbocycles. The van der Waals surface area contributed by atoms with Gasteiger partial charge in [0.2, 0.25) is 5.91 Å². The summed E-state index contributed by atoms with van der Waals surface area (Å²) in [6, 6.07) is 13.0. The van der Waals surface area contributed by atoms with Gasteiger partial charge in [-0.05, 0) is 36.1 Å². The lowest BCUT2D eigenvalue weighted by Gasteiger charge is -2.33. The second-order valence-corrected chi connectivity index (χ2v) is 7.35. The Bertz CT molecular complexity index is 870. The van der Waals surface area contributed by atoms with Crippen LogP contribution in [0.15, 0.2) is 48.5 Å². The lowest BCUT2D eigenvalue weighted by atomic mass is 9.95. The van der Waals surface area contributed by atoms with Crippen molar-refractivity contribution in [1.29, 1.82) is 5.26 Å². The number of nitrogens with two attached hydrogens (primary N) is 1. The van der Waals surface area contributed by atoms with E-state index >= 15 is 0 Å². The molecule has 1 fully saturated rings. The van der Waals surface area contributed by atoms with Gasteiger partial charge in [0.25, 0.3) is 5.92 Å². The van der Waals surface area contributed by atoms with Gasteiger partial charge in [0, 0.05) is 29.6 Å².